The van der Waals surface area contributed by atoms with Crippen molar-refractivity contribution >= 4 is 44.6 Å². The molecule has 0 saturated carbocycles. The molecule has 0 aliphatic rings. The van der Waals surface area contributed by atoms with Crippen LogP contribution in [0.15, 0.2) is 83.6 Å². The second kappa shape index (κ2) is 9.26. The summed E-state index contributed by atoms with van der Waals surface area (Å²) in [6.07, 6.45) is 1.50. The molecule has 2 aromatic carbocycles. The predicted molar refractivity (Wildman–Crippen MR) is 118 cm³/mol. The fraction of sp³-hybridized carbons (Fsp3) is 0.0952. The van der Waals surface area contributed by atoms with Crippen molar-refractivity contribution in [1.82, 2.24) is 5.32 Å². The summed E-state index contributed by atoms with van der Waals surface area (Å²) >= 11 is 7.74. The molecule has 1 N–H and O–H groups in total. The molecule has 1 aromatic heterocycles. The van der Waals surface area contributed by atoms with E-state index in [9.17, 15) is 13.2 Å². The fourth-order valence-electron chi connectivity index (χ4n) is 2.70. The Morgan fingerprint density at radius 1 is 1.14 bits per heavy atom. The van der Waals surface area contributed by atoms with Crippen LogP contribution in [0.5, 0.6) is 0 Å². The van der Waals surface area contributed by atoms with Crippen molar-refractivity contribution in [2.24, 2.45) is 0 Å². The zero-order chi connectivity index (χ0) is 20.9. The second-order valence-electron chi connectivity index (χ2n) is 6.07. The molecule has 1 amide bonds. The van der Waals surface area contributed by atoms with Gasteiger partial charge < -0.3 is 5.32 Å². The number of carbonyl (C=O) groups excluding carboxylic acids is 1. The number of anilines is 1. The van der Waals surface area contributed by atoms with E-state index in [1.165, 1.54) is 39.9 Å². The van der Waals surface area contributed by atoms with Crippen molar-refractivity contribution in [2.45, 2.75) is 11.4 Å². The van der Waals surface area contributed by atoms with Crippen molar-refractivity contribution in [3.05, 3.63) is 94.2 Å². The third-order valence-electron chi connectivity index (χ3n) is 4.10. The van der Waals surface area contributed by atoms with Crippen LogP contribution in [0, 0.1) is 0 Å². The zero-order valence-electron chi connectivity index (χ0n) is 15.4. The number of nitrogens with zero attached hydrogens (tertiary/aromatic N) is 1. The summed E-state index contributed by atoms with van der Waals surface area (Å²) in [7, 11) is -4.01. The van der Waals surface area contributed by atoms with Crippen LogP contribution in [0.25, 0.3) is 0 Å². The highest BCUT2D eigenvalue weighted by Crippen LogP contribution is 2.29. The van der Waals surface area contributed by atoms with E-state index in [4.69, 9.17) is 11.6 Å². The number of amides is 1. The Bertz CT molecular complexity index is 1100. The summed E-state index contributed by atoms with van der Waals surface area (Å²) in [5.74, 6) is -0.374. The van der Waals surface area contributed by atoms with E-state index in [1.807, 2.05) is 17.5 Å². The summed E-state index contributed by atoms with van der Waals surface area (Å²) < 4.78 is 27.9. The van der Waals surface area contributed by atoms with Gasteiger partial charge in [0.25, 0.3) is 15.9 Å². The summed E-state index contributed by atoms with van der Waals surface area (Å²) in [5.41, 5.74) is 0.701. The maximum Gasteiger partial charge on any atom is 0.266 e. The lowest BCUT2D eigenvalue weighted by Crippen LogP contribution is -2.31. The molecule has 3 rings (SSSR count). The van der Waals surface area contributed by atoms with Crippen LogP contribution in [0.4, 0.5) is 5.69 Å². The maximum absolute atomic E-state index is 13.3. The molecule has 1 heterocycles. The van der Waals surface area contributed by atoms with Gasteiger partial charge in [-0.1, -0.05) is 41.9 Å². The van der Waals surface area contributed by atoms with Gasteiger partial charge in [0.15, 0.2) is 0 Å². The third-order valence-corrected chi connectivity index (χ3v) is 7.26. The van der Waals surface area contributed by atoms with E-state index in [-0.39, 0.29) is 27.9 Å². The molecule has 5 nitrogen and oxygen atoms in total. The van der Waals surface area contributed by atoms with E-state index in [1.54, 1.807) is 30.3 Å². The monoisotopic (exact) mass is 446 g/mol. The largest absolute Gasteiger partial charge is 0.347 e. The van der Waals surface area contributed by atoms with Crippen molar-refractivity contribution in [1.29, 1.82) is 0 Å². The lowest BCUT2D eigenvalue weighted by molar-refractivity contribution is 0.0951. The maximum atomic E-state index is 13.3. The van der Waals surface area contributed by atoms with Gasteiger partial charge in [-0.15, -0.1) is 17.9 Å². The van der Waals surface area contributed by atoms with E-state index in [0.717, 1.165) is 4.88 Å². The lowest BCUT2D eigenvalue weighted by atomic mass is 10.2. The Labute approximate surface area is 179 Å². The number of para-hydroxylation sites is 1. The average molecular weight is 447 g/mol. The Morgan fingerprint density at radius 3 is 2.55 bits per heavy atom. The van der Waals surface area contributed by atoms with Gasteiger partial charge in [0, 0.05) is 10.4 Å². The molecule has 150 valence electrons. The molecular formula is C21H19ClN2O3S2. The van der Waals surface area contributed by atoms with Gasteiger partial charge >= 0.3 is 0 Å². The zero-order valence-corrected chi connectivity index (χ0v) is 17.8. The van der Waals surface area contributed by atoms with Gasteiger partial charge in [0.1, 0.15) is 4.90 Å². The van der Waals surface area contributed by atoms with Crippen molar-refractivity contribution < 1.29 is 13.2 Å². The Balaban J connectivity index is 1.92. The molecule has 0 aliphatic heterocycles. The minimum Gasteiger partial charge on any atom is -0.347 e. The highest BCUT2D eigenvalue weighted by molar-refractivity contribution is 7.93. The van der Waals surface area contributed by atoms with Crippen LogP contribution in [-0.2, 0) is 16.6 Å². The number of carbonyl (C=O) groups is 1. The van der Waals surface area contributed by atoms with E-state index in [0.29, 0.717) is 12.2 Å². The first kappa shape index (κ1) is 21.1. The van der Waals surface area contributed by atoms with Gasteiger partial charge in [-0.25, -0.2) is 8.42 Å². The predicted octanol–water partition coefficient (Wildman–Crippen LogP) is 4.71. The normalized spacial score (nSPS) is 11.1. The topological polar surface area (TPSA) is 66.5 Å². The van der Waals surface area contributed by atoms with Gasteiger partial charge in [0.05, 0.1) is 23.8 Å². The van der Waals surface area contributed by atoms with Crippen LogP contribution < -0.4 is 9.62 Å². The van der Waals surface area contributed by atoms with Gasteiger partial charge in [-0.3, -0.25) is 9.10 Å². The second-order valence-corrected chi connectivity index (χ2v) is 9.34. The van der Waals surface area contributed by atoms with Crippen LogP contribution >= 0.6 is 22.9 Å². The molecule has 29 heavy (non-hydrogen) atoms. The summed E-state index contributed by atoms with van der Waals surface area (Å²) in [6, 6.07) is 16.7. The first-order valence-corrected chi connectivity index (χ1v) is 11.4. The van der Waals surface area contributed by atoms with E-state index in [2.05, 4.69) is 11.9 Å². The van der Waals surface area contributed by atoms with Crippen LogP contribution in [0.1, 0.15) is 15.2 Å². The highest BCUT2D eigenvalue weighted by Gasteiger charge is 2.27. The number of hydrogen-bond donors (Lipinski definition) is 1. The van der Waals surface area contributed by atoms with Gasteiger partial charge in [-0.2, -0.15) is 0 Å². The van der Waals surface area contributed by atoms with Gasteiger partial charge in [-0.05, 0) is 41.8 Å². The van der Waals surface area contributed by atoms with Crippen molar-refractivity contribution in [3.8, 4) is 0 Å². The summed E-state index contributed by atoms with van der Waals surface area (Å²) in [4.78, 5) is 13.4. The van der Waals surface area contributed by atoms with E-state index >= 15 is 0 Å². The summed E-state index contributed by atoms with van der Waals surface area (Å²) in [5, 5.41) is 4.76. The smallest absolute Gasteiger partial charge is 0.266 e. The van der Waals surface area contributed by atoms with Crippen molar-refractivity contribution in [2.75, 3.05) is 10.8 Å². The minimum atomic E-state index is -4.01. The number of halogens is 1. The molecular weight excluding hydrogens is 428 g/mol. The molecule has 0 radical (unpaired) electrons. The number of thiophene rings is 1. The number of rotatable bonds is 8. The molecule has 0 aliphatic carbocycles. The molecule has 0 spiro atoms. The first-order valence-electron chi connectivity index (χ1n) is 8.72. The lowest BCUT2D eigenvalue weighted by Gasteiger charge is -2.24. The standard InChI is InChI=1S/C21H19ClN2O3S2/c1-2-12-24(17-7-4-3-5-8-17)29(26,27)20-14-16(10-11-19(20)22)21(25)23-15-18-9-6-13-28-18/h2-11,13-14H,1,12,15H2,(H,23,25). The summed E-state index contributed by atoms with van der Waals surface area (Å²) in [6.45, 7) is 4.08. The van der Waals surface area contributed by atoms with Crippen molar-refractivity contribution in [3.63, 3.8) is 0 Å². The molecule has 0 unspecified atom stereocenters. The van der Waals surface area contributed by atoms with E-state index < -0.39 is 10.0 Å². The number of benzene rings is 2. The first-order chi connectivity index (χ1) is 13.9. The molecule has 0 bridgehead atoms. The Kier molecular flexibility index (Phi) is 6.74. The molecule has 0 fully saturated rings. The van der Waals surface area contributed by atoms with Crippen LogP contribution in [0.2, 0.25) is 5.02 Å². The fourth-order valence-corrected chi connectivity index (χ4v) is 5.28. The highest BCUT2D eigenvalue weighted by atomic mass is 35.5. The molecule has 0 saturated heterocycles. The molecule has 8 heteroatoms. The number of hydrogen-bond acceptors (Lipinski definition) is 4. The quantitative estimate of drug-likeness (QED) is 0.509. The Morgan fingerprint density at radius 2 is 1.90 bits per heavy atom. The van der Waals surface area contributed by atoms with Crippen LogP contribution in [0.3, 0.4) is 0 Å². The minimum absolute atomic E-state index is 0.0461. The number of nitrogens with one attached hydrogen (secondary N) is 1. The van der Waals surface area contributed by atoms with Crippen LogP contribution in [-0.4, -0.2) is 20.9 Å². The Hall–Kier alpha value is -2.61. The van der Waals surface area contributed by atoms with Gasteiger partial charge in [0.2, 0.25) is 0 Å². The SMILES string of the molecule is C=CCN(c1ccccc1)S(=O)(=O)c1cc(C(=O)NCc2cccs2)ccc1Cl. The number of sulfonamides is 1. The third kappa shape index (κ3) is 4.87. The molecule has 0 atom stereocenters. The molecule has 3 aromatic rings. The average Bonchev–Trinajstić information content (AvgIpc) is 3.24.